The number of esters is 1. The molecule has 502 valence electrons. The fourth-order valence-corrected chi connectivity index (χ4v) is 12.1. The summed E-state index contributed by atoms with van der Waals surface area (Å²) in [4.78, 5) is 37.9. The number of unbranched alkanes of at least 4 members (excludes halogenated alkanes) is 49. The second kappa shape index (κ2) is 65.2. The fraction of sp³-hybridized carbons (Fsp3) is 0.893. The molecular formula is C75H146N2O7P+. The van der Waals surface area contributed by atoms with Crippen molar-refractivity contribution in [3.63, 3.8) is 0 Å². The summed E-state index contributed by atoms with van der Waals surface area (Å²) in [6, 6.07) is -0.848. The Hall–Kier alpha value is -1.77. The average molecular weight is 1220 g/mol. The molecule has 0 saturated carbocycles. The van der Waals surface area contributed by atoms with Gasteiger partial charge in [-0.25, -0.2) is 4.57 Å². The molecule has 3 unspecified atom stereocenters. The first-order valence-electron chi connectivity index (χ1n) is 37.3. The van der Waals surface area contributed by atoms with E-state index in [1.54, 1.807) is 0 Å². The second-order valence-electron chi connectivity index (χ2n) is 26.8. The first-order valence-corrected chi connectivity index (χ1v) is 38.8. The third-order valence-electron chi connectivity index (χ3n) is 17.1. The van der Waals surface area contributed by atoms with Gasteiger partial charge in [0.25, 0.3) is 0 Å². The number of likely N-dealkylation sites (N-methyl/N-ethyl adjacent to an activating group) is 1. The lowest BCUT2D eigenvalue weighted by Crippen LogP contribution is -2.47. The number of nitrogens with zero attached hydrogens (tertiary/aromatic N) is 1. The zero-order chi connectivity index (χ0) is 62.1. The van der Waals surface area contributed by atoms with Crippen molar-refractivity contribution in [2.45, 2.75) is 392 Å². The topological polar surface area (TPSA) is 111 Å². The van der Waals surface area contributed by atoms with Crippen LogP contribution in [0.1, 0.15) is 380 Å². The number of phosphoric ester groups is 1. The Morgan fingerprint density at radius 1 is 0.412 bits per heavy atom. The van der Waals surface area contributed by atoms with Crippen LogP contribution in [0.4, 0.5) is 0 Å². The zero-order valence-corrected chi connectivity index (χ0v) is 58.5. The van der Waals surface area contributed by atoms with Crippen molar-refractivity contribution in [3.05, 3.63) is 36.5 Å². The minimum absolute atomic E-state index is 0.0421. The average Bonchev–Trinajstić information content (AvgIpc) is 3.50. The van der Waals surface area contributed by atoms with E-state index >= 15 is 0 Å². The molecule has 0 aliphatic rings. The summed E-state index contributed by atoms with van der Waals surface area (Å²) >= 11 is 0. The number of phosphoric acid groups is 1. The van der Waals surface area contributed by atoms with Crippen LogP contribution in [-0.2, 0) is 27.9 Å². The number of hydrogen-bond acceptors (Lipinski definition) is 6. The van der Waals surface area contributed by atoms with E-state index in [1.807, 2.05) is 27.2 Å². The molecule has 10 heteroatoms. The van der Waals surface area contributed by atoms with Crippen molar-refractivity contribution in [1.82, 2.24) is 5.32 Å². The van der Waals surface area contributed by atoms with Gasteiger partial charge in [0.15, 0.2) is 0 Å². The van der Waals surface area contributed by atoms with Gasteiger partial charge in [0.05, 0.1) is 33.8 Å². The van der Waals surface area contributed by atoms with E-state index in [9.17, 15) is 19.0 Å². The molecule has 0 aromatic rings. The summed E-state index contributed by atoms with van der Waals surface area (Å²) in [5.41, 5.74) is 0. The molecule has 0 aromatic carbocycles. The summed E-state index contributed by atoms with van der Waals surface area (Å²) < 4.78 is 30.9. The Morgan fingerprint density at radius 2 is 0.718 bits per heavy atom. The first kappa shape index (κ1) is 83.2. The van der Waals surface area contributed by atoms with Crippen molar-refractivity contribution in [2.75, 3.05) is 40.9 Å². The van der Waals surface area contributed by atoms with Gasteiger partial charge >= 0.3 is 13.8 Å². The smallest absolute Gasteiger partial charge is 0.456 e. The highest BCUT2D eigenvalue weighted by Gasteiger charge is 2.30. The molecule has 0 bridgehead atoms. The summed E-state index contributed by atoms with van der Waals surface area (Å²) in [5.74, 6) is -0.488. The molecule has 9 nitrogen and oxygen atoms in total. The third-order valence-corrected chi connectivity index (χ3v) is 18.1. The Bertz CT molecular complexity index is 1550. The maximum Gasteiger partial charge on any atom is 0.472 e. The van der Waals surface area contributed by atoms with E-state index in [-0.39, 0.29) is 25.1 Å². The number of nitrogens with one attached hydrogen (secondary N) is 1. The number of carbonyl (C=O) groups excluding carboxylic acids is 2. The number of carbonyl (C=O) groups is 2. The Kier molecular flexibility index (Phi) is 63.8. The molecule has 0 fully saturated rings. The Morgan fingerprint density at radius 3 is 1.08 bits per heavy atom. The summed E-state index contributed by atoms with van der Waals surface area (Å²) in [6.45, 7) is 7.05. The van der Waals surface area contributed by atoms with Crippen LogP contribution in [0, 0.1) is 0 Å². The van der Waals surface area contributed by atoms with E-state index in [4.69, 9.17) is 13.8 Å². The van der Waals surface area contributed by atoms with Gasteiger partial charge in [-0.05, 0) is 63.9 Å². The lowest BCUT2D eigenvalue weighted by molar-refractivity contribution is -0.870. The van der Waals surface area contributed by atoms with Crippen LogP contribution in [0.5, 0.6) is 0 Å². The lowest BCUT2D eigenvalue weighted by atomic mass is 10.0. The van der Waals surface area contributed by atoms with Gasteiger partial charge < -0.3 is 19.4 Å². The van der Waals surface area contributed by atoms with E-state index < -0.39 is 20.0 Å². The van der Waals surface area contributed by atoms with Crippen LogP contribution in [0.2, 0.25) is 0 Å². The van der Waals surface area contributed by atoms with Gasteiger partial charge in [0.1, 0.15) is 19.3 Å². The van der Waals surface area contributed by atoms with Crippen molar-refractivity contribution >= 4 is 19.7 Å². The molecule has 85 heavy (non-hydrogen) atoms. The minimum atomic E-state index is -4.45. The van der Waals surface area contributed by atoms with Crippen molar-refractivity contribution in [2.24, 2.45) is 0 Å². The number of quaternary nitrogens is 1. The maximum absolute atomic E-state index is 13.6. The summed E-state index contributed by atoms with van der Waals surface area (Å²) in [6.07, 6.45) is 81.7. The molecule has 0 aliphatic carbocycles. The number of allylic oxidation sites excluding steroid dienone is 5. The normalized spacial score (nSPS) is 13.6. The van der Waals surface area contributed by atoms with Crippen molar-refractivity contribution in [1.29, 1.82) is 0 Å². The SMILES string of the molecule is CCCCC/C=C\C/C=C\CCCCCCCCCCCC(=O)NC(COP(=O)(O)OCC[N+](C)(C)C)C(/C=C\CCCCCCCCCCCCC)OC(=O)CCCCCCCCCCCCCCCCCCCCCCCCCCCCC. The predicted octanol–water partition coefficient (Wildman–Crippen LogP) is 23.8. The van der Waals surface area contributed by atoms with Crippen LogP contribution in [0.25, 0.3) is 0 Å². The molecule has 0 saturated heterocycles. The molecule has 0 aromatic heterocycles. The van der Waals surface area contributed by atoms with Crippen molar-refractivity contribution < 1.29 is 37.3 Å². The highest BCUT2D eigenvalue weighted by atomic mass is 31.2. The molecule has 0 rings (SSSR count). The van der Waals surface area contributed by atoms with Gasteiger partial charge in [-0.1, -0.05) is 340 Å². The number of rotatable bonds is 69. The maximum atomic E-state index is 13.6. The Balaban J connectivity index is 4.99. The summed E-state index contributed by atoms with van der Waals surface area (Å²) in [5, 5.41) is 3.08. The van der Waals surface area contributed by atoms with Crippen LogP contribution < -0.4 is 5.32 Å². The van der Waals surface area contributed by atoms with Crippen molar-refractivity contribution in [3.8, 4) is 0 Å². The largest absolute Gasteiger partial charge is 0.472 e. The highest BCUT2D eigenvalue weighted by Crippen LogP contribution is 2.43. The van der Waals surface area contributed by atoms with Crippen LogP contribution in [0.3, 0.4) is 0 Å². The van der Waals surface area contributed by atoms with Gasteiger partial charge in [0, 0.05) is 12.8 Å². The van der Waals surface area contributed by atoms with E-state index in [0.29, 0.717) is 23.9 Å². The number of hydrogen-bond donors (Lipinski definition) is 2. The Labute approximate surface area is 529 Å². The predicted molar refractivity (Wildman–Crippen MR) is 369 cm³/mol. The van der Waals surface area contributed by atoms with Gasteiger partial charge in [0.2, 0.25) is 5.91 Å². The number of amides is 1. The highest BCUT2D eigenvalue weighted by molar-refractivity contribution is 7.47. The third kappa shape index (κ3) is 66.5. The summed E-state index contributed by atoms with van der Waals surface area (Å²) in [7, 11) is 1.51. The first-order chi connectivity index (χ1) is 41.4. The molecule has 3 atom stereocenters. The second-order valence-corrected chi connectivity index (χ2v) is 28.3. The lowest BCUT2D eigenvalue weighted by Gasteiger charge is -2.27. The van der Waals surface area contributed by atoms with E-state index in [1.165, 1.54) is 283 Å². The fourth-order valence-electron chi connectivity index (χ4n) is 11.3. The van der Waals surface area contributed by atoms with Gasteiger partial charge in [-0.2, -0.15) is 0 Å². The van der Waals surface area contributed by atoms with Crippen LogP contribution in [0.15, 0.2) is 36.5 Å². The van der Waals surface area contributed by atoms with Gasteiger partial charge in [-0.15, -0.1) is 0 Å². The molecule has 0 heterocycles. The standard InChI is InChI=1S/C75H145N2O7P/c1-7-10-13-16-19-22-25-28-30-32-34-35-36-37-38-39-40-41-43-45-47-50-53-56-59-62-65-68-75(79)84-73(66-63-60-57-54-51-48-27-24-21-18-15-12-9-3)72(71-83-85(80,81)82-70-69-77(4,5)6)76-74(78)67-64-61-58-55-52-49-46-44-42-33-31-29-26-23-20-17-14-11-8-2/h20,23,29,31,63,66,72-73H,7-19,21-22,24-28,30,32-62,64-65,67-71H2,1-6H3,(H-,76,78,80,81)/p+1/b23-20-,31-29-,66-63-. The number of ether oxygens (including phenoxy) is 1. The van der Waals surface area contributed by atoms with Gasteiger partial charge in [-0.3, -0.25) is 18.6 Å². The quantitative estimate of drug-likeness (QED) is 0.0205. The van der Waals surface area contributed by atoms with E-state index in [2.05, 4.69) is 56.5 Å². The molecule has 0 aliphatic heterocycles. The molecule has 2 N–H and O–H groups in total. The zero-order valence-electron chi connectivity index (χ0n) is 57.6. The van der Waals surface area contributed by atoms with E-state index in [0.717, 1.165) is 64.2 Å². The molecular weight excluding hydrogens is 1070 g/mol. The van der Waals surface area contributed by atoms with Crippen LogP contribution >= 0.6 is 7.82 Å². The molecule has 1 amide bonds. The minimum Gasteiger partial charge on any atom is -0.456 e. The van der Waals surface area contributed by atoms with Crippen LogP contribution in [-0.4, -0.2) is 74.3 Å². The monoisotopic (exact) mass is 1220 g/mol. The molecule has 0 radical (unpaired) electrons. The molecule has 0 spiro atoms.